The van der Waals surface area contributed by atoms with Crippen LogP contribution in [-0.4, -0.2) is 27.8 Å². The van der Waals surface area contributed by atoms with Gasteiger partial charge in [0.2, 0.25) is 11.7 Å². The third kappa shape index (κ3) is 2.85. The summed E-state index contributed by atoms with van der Waals surface area (Å²) in [6, 6.07) is 5.91. The Bertz CT molecular complexity index is 622. The molecule has 1 atom stereocenters. The molecule has 0 bridgehead atoms. The second-order valence-corrected chi connectivity index (χ2v) is 4.74. The summed E-state index contributed by atoms with van der Waals surface area (Å²) < 4.78 is 5.09. The Balaban J connectivity index is 2.37. The van der Waals surface area contributed by atoms with Crippen LogP contribution in [0.15, 0.2) is 22.7 Å². The molecule has 1 aromatic heterocycles. The molecule has 2 aromatic rings. The van der Waals surface area contributed by atoms with Gasteiger partial charge in [0.05, 0.1) is 0 Å². The first-order valence-corrected chi connectivity index (χ1v) is 6.37. The van der Waals surface area contributed by atoms with E-state index in [1.54, 1.807) is 0 Å². The summed E-state index contributed by atoms with van der Waals surface area (Å²) in [6.45, 7) is 4.16. The Morgan fingerprint density at radius 2 is 2.20 bits per heavy atom. The molecule has 20 heavy (non-hydrogen) atoms. The zero-order valence-corrected chi connectivity index (χ0v) is 11.5. The van der Waals surface area contributed by atoms with E-state index in [-0.39, 0.29) is 18.9 Å². The topological polar surface area (TPSA) is 102 Å². The molecule has 0 saturated heterocycles. The Kier molecular flexibility index (Phi) is 4.14. The molecule has 1 aromatic carbocycles. The number of hydrogen-bond donors (Lipinski definition) is 2. The van der Waals surface area contributed by atoms with Gasteiger partial charge in [-0.25, -0.2) is 0 Å². The van der Waals surface area contributed by atoms with E-state index in [4.69, 9.17) is 15.4 Å². The Labute approximate surface area is 116 Å². The highest BCUT2D eigenvalue weighted by Crippen LogP contribution is 2.25. The van der Waals surface area contributed by atoms with Gasteiger partial charge < -0.3 is 15.4 Å². The fraction of sp³-hybridized carbons (Fsp3) is 0.357. The number of nitrogens with zero attached hydrogens (tertiary/aromatic N) is 2. The van der Waals surface area contributed by atoms with E-state index in [9.17, 15) is 4.79 Å². The third-order valence-corrected chi connectivity index (χ3v) is 3.13. The van der Waals surface area contributed by atoms with E-state index in [2.05, 4.69) is 10.1 Å². The SMILES string of the molecule is Cc1ccc(C)c(-c2noc(C(CCN)C(=O)O)n2)c1. The number of aryl methyl sites for hydroxylation is 2. The maximum Gasteiger partial charge on any atom is 0.316 e. The third-order valence-electron chi connectivity index (χ3n) is 3.13. The van der Waals surface area contributed by atoms with Gasteiger partial charge in [-0.15, -0.1) is 0 Å². The molecule has 3 N–H and O–H groups in total. The van der Waals surface area contributed by atoms with Crippen molar-refractivity contribution >= 4 is 5.97 Å². The monoisotopic (exact) mass is 275 g/mol. The zero-order valence-electron chi connectivity index (χ0n) is 11.5. The van der Waals surface area contributed by atoms with Crippen molar-refractivity contribution < 1.29 is 14.4 Å². The van der Waals surface area contributed by atoms with Gasteiger partial charge in [-0.1, -0.05) is 22.9 Å². The minimum atomic E-state index is -1.01. The van der Waals surface area contributed by atoms with Crippen LogP contribution in [-0.2, 0) is 4.79 Å². The number of benzene rings is 1. The van der Waals surface area contributed by atoms with Crippen LogP contribution in [0.25, 0.3) is 11.4 Å². The maximum absolute atomic E-state index is 11.2. The summed E-state index contributed by atoms with van der Waals surface area (Å²) >= 11 is 0. The molecule has 0 spiro atoms. The van der Waals surface area contributed by atoms with Crippen LogP contribution in [0.4, 0.5) is 0 Å². The van der Waals surface area contributed by atoms with E-state index in [1.807, 2.05) is 32.0 Å². The molecule has 0 aliphatic rings. The van der Waals surface area contributed by atoms with E-state index in [1.165, 1.54) is 0 Å². The van der Waals surface area contributed by atoms with Crippen LogP contribution in [0, 0.1) is 13.8 Å². The number of carboxylic acids is 1. The molecule has 0 amide bonds. The van der Waals surface area contributed by atoms with Crippen molar-refractivity contribution in [2.45, 2.75) is 26.2 Å². The van der Waals surface area contributed by atoms with Crippen molar-refractivity contribution in [2.75, 3.05) is 6.54 Å². The lowest BCUT2D eigenvalue weighted by Crippen LogP contribution is -2.16. The standard InChI is InChI=1S/C14H17N3O3/c1-8-3-4-9(2)11(7-8)12-16-13(20-17-12)10(5-6-15)14(18)19/h3-4,7,10H,5-6,15H2,1-2H3,(H,18,19). The number of rotatable bonds is 5. The molecule has 1 unspecified atom stereocenters. The molecule has 1 heterocycles. The van der Waals surface area contributed by atoms with Crippen LogP contribution in [0.3, 0.4) is 0 Å². The van der Waals surface area contributed by atoms with Gasteiger partial charge in [-0.2, -0.15) is 4.98 Å². The predicted octanol–water partition coefficient (Wildman–Crippen LogP) is 1.87. The molecule has 0 radical (unpaired) electrons. The highest BCUT2D eigenvalue weighted by atomic mass is 16.5. The van der Waals surface area contributed by atoms with Crippen LogP contribution >= 0.6 is 0 Å². The van der Waals surface area contributed by atoms with E-state index < -0.39 is 11.9 Å². The lowest BCUT2D eigenvalue weighted by molar-refractivity contribution is -0.139. The van der Waals surface area contributed by atoms with Gasteiger partial charge in [0.25, 0.3) is 0 Å². The van der Waals surface area contributed by atoms with Crippen LogP contribution in [0.2, 0.25) is 0 Å². The quantitative estimate of drug-likeness (QED) is 0.863. The van der Waals surface area contributed by atoms with Gasteiger partial charge in [0.1, 0.15) is 5.92 Å². The average molecular weight is 275 g/mol. The molecule has 0 aliphatic heterocycles. The largest absolute Gasteiger partial charge is 0.481 e. The van der Waals surface area contributed by atoms with Gasteiger partial charge in [-0.05, 0) is 38.4 Å². The number of aromatic nitrogens is 2. The van der Waals surface area contributed by atoms with Gasteiger partial charge in [0.15, 0.2) is 0 Å². The first-order valence-electron chi connectivity index (χ1n) is 6.37. The first kappa shape index (κ1) is 14.2. The highest BCUT2D eigenvalue weighted by molar-refractivity contribution is 5.74. The van der Waals surface area contributed by atoms with E-state index in [0.717, 1.165) is 16.7 Å². The number of nitrogens with two attached hydrogens (primary N) is 1. The van der Waals surface area contributed by atoms with E-state index >= 15 is 0 Å². The second kappa shape index (κ2) is 5.83. The first-order chi connectivity index (χ1) is 9.52. The van der Waals surface area contributed by atoms with Gasteiger partial charge in [0, 0.05) is 5.56 Å². The molecule has 2 rings (SSSR count). The van der Waals surface area contributed by atoms with E-state index in [0.29, 0.717) is 5.82 Å². The second-order valence-electron chi connectivity index (χ2n) is 4.74. The summed E-state index contributed by atoms with van der Waals surface area (Å²) in [5, 5.41) is 13.0. The van der Waals surface area contributed by atoms with Crippen molar-refractivity contribution in [3.05, 3.63) is 35.2 Å². The minimum absolute atomic E-state index is 0.0962. The molecule has 6 heteroatoms. The molecular weight excluding hydrogens is 258 g/mol. The van der Waals surface area contributed by atoms with Crippen molar-refractivity contribution in [3.63, 3.8) is 0 Å². The van der Waals surface area contributed by atoms with Gasteiger partial charge in [-0.3, -0.25) is 4.79 Å². The summed E-state index contributed by atoms with van der Waals surface area (Å²) in [5.74, 6) is -1.36. The molecule has 106 valence electrons. The Hall–Kier alpha value is -2.21. The maximum atomic E-state index is 11.2. The Morgan fingerprint density at radius 1 is 1.45 bits per heavy atom. The van der Waals surface area contributed by atoms with Crippen molar-refractivity contribution in [2.24, 2.45) is 5.73 Å². The number of hydrogen-bond acceptors (Lipinski definition) is 5. The zero-order chi connectivity index (χ0) is 14.7. The summed E-state index contributed by atoms with van der Waals surface area (Å²) in [5.41, 5.74) is 8.34. The van der Waals surface area contributed by atoms with Crippen LogP contribution < -0.4 is 5.73 Å². The van der Waals surface area contributed by atoms with Crippen molar-refractivity contribution in [1.29, 1.82) is 0 Å². The average Bonchev–Trinajstić information content (AvgIpc) is 2.87. The number of carbonyl (C=O) groups is 1. The fourth-order valence-corrected chi connectivity index (χ4v) is 1.98. The summed E-state index contributed by atoms with van der Waals surface area (Å²) in [7, 11) is 0. The smallest absolute Gasteiger partial charge is 0.316 e. The molecule has 0 fully saturated rings. The van der Waals surface area contributed by atoms with Crippen molar-refractivity contribution in [3.8, 4) is 11.4 Å². The molecular formula is C14H17N3O3. The summed E-state index contributed by atoms with van der Waals surface area (Å²) in [4.78, 5) is 15.4. The molecule has 6 nitrogen and oxygen atoms in total. The lowest BCUT2D eigenvalue weighted by Gasteiger charge is -2.04. The normalized spacial score (nSPS) is 12.3. The lowest BCUT2D eigenvalue weighted by atomic mass is 10.0. The molecule has 0 aliphatic carbocycles. The number of carboxylic acid groups (broad SMARTS) is 1. The Morgan fingerprint density at radius 3 is 2.85 bits per heavy atom. The predicted molar refractivity (Wildman–Crippen MR) is 73.3 cm³/mol. The minimum Gasteiger partial charge on any atom is -0.481 e. The van der Waals surface area contributed by atoms with Gasteiger partial charge >= 0.3 is 5.97 Å². The van der Waals surface area contributed by atoms with Crippen molar-refractivity contribution in [1.82, 2.24) is 10.1 Å². The molecule has 0 saturated carbocycles. The number of aliphatic carboxylic acids is 1. The summed E-state index contributed by atoms with van der Waals surface area (Å²) in [6.07, 6.45) is 0.268. The highest BCUT2D eigenvalue weighted by Gasteiger charge is 2.26. The van der Waals surface area contributed by atoms with Crippen LogP contribution in [0.1, 0.15) is 29.4 Å². The van der Waals surface area contributed by atoms with Crippen LogP contribution in [0.5, 0.6) is 0 Å². The fourth-order valence-electron chi connectivity index (χ4n) is 1.98.